The van der Waals surface area contributed by atoms with Gasteiger partial charge in [-0.3, -0.25) is 4.98 Å². The Kier molecular flexibility index (Phi) is 4.49. The lowest BCUT2D eigenvalue weighted by molar-refractivity contribution is -0.173. The molecule has 0 radical (unpaired) electrons. The molecule has 1 aromatic heterocycles. The van der Waals surface area contributed by atoms with Crippen LogP contribution in [-0.2, 0) is 15.5 Å². The number of aromatic nitrogens is 1. The van der Waals surface area contributed by atoms with E-state index in [1.165, 1.54) is 13.0 Å². The average Bonchev–Trinajstić information content (AvgIpc) is 2.47. The van der Waals surface area contributed by atoms with E-state index in [4.69, 9.17) is 0 Å². The maximum Gasteiger partial charge on any atom is 0.382 e. The number of alkyl halides is 2. The van der Waals surface area contributed by atoms with Crippen molar-refractivity contribution in [1.29, 1.82) is 0 Å². The van der Waals surface area contributed by atoms with Crippen LogP contribution in [0, 0.1) is 12.7 Å². The molecule has 3 nitrogen and oxygen atoms in total. The van der Waals surface area contributed by atoms with Crippen molar-refractivity contribution in [2.75, 3.05) is 6.61 Å². The summed E-state index contributed by atoms with van der Waals surface area (Å²) in [5, 5.41) is 0. The highest BCUT2D eigenvalue weighted by Gasteiger charge is 2.44. The van der Waals surface area contributed by atoms with Gasteiger partial charge in [0.1, 0.15) is 5.82 Å². The summed E-state index contributed by atoms with van der Waals surface area (Å²) in [4.78, 5) is 15.4. The summed E-state index contributed by atoms with van der Waals surface area (Å²) in [6.07, 6.45) is 1.59. The third-order valence-corrected chi connectivity index (χ3v) is 3.05. The second-order valence-electron chi connectivity index (χ2n) is 4.71. The Morgan fingerprint density at radius 3 is 2.55 bits per heavy atom. The molecule has 2 rings (SSSR count). The van der Waals surface area contributed by atoms with Gasteiger partial charge in [0.25, 0.3) is 0 Å². The summed E-state index contributed by atoms with van der Waals surface area (Å²) in [5.74, 6) is -6.98. The highest BCUT2D eigenvalue weighted by atomic mass is 19.3. The number of benzene rings is 1. The van der Waals surface area contributed by atoms with Gasteiger partial charge in [-0.15, -0.1) is 0 Å². The molecule has 0 bridgehead atoms. The van der Waals surface area contributed by atoms with Gasteiger partial charge in [-0.2, -0.15) is 8.78 Å². The number of nitrogens with zero attached hydrogens (tertiary/aromatic N) is 1. The van der Waals surface area contributed by atoms with Crippen molar-refractivity contribution >= 4 is 5.97 Å². The molecular formula is C16H14F3NO2. The number of carbonyl (C=O) groups is 1. The molecule has 1 aromatic carbocycles. The van der Waals surface area contributed by atoms with E-state index in [-0.39, 0.29) is 6.61 Å². The van der Waals surface area contributed by atoms with Gasteiger partial charge < -0.3 is 4.74 Å². The predicted molar refractivity (Wildman–Crippen MR) is 74.9 cm³/mol. The number of halogens is 3. The molecule has 0 saturated heterocycles. The lowest BCUT2D eigenvalue weighted by Gasteiger charge is -2.16. The van der Waals surface area contributed by atoms with Gasteiger partial charge in [0.2, 0.25) is 0 Å². The van der Waals surface area contributed by atoms with Crippen LogP contribution in [0.5, 0.6) is 0 Å². The number of rotatable bonds is 4. The van der Waals surface area contributed by atoms with Gasteiger partial charge in [-0.05, 0) is 37.6 Å². The van der Waals surface area contributed by atoms with Crippen molar-refractivity contribution in [3.63, 3.8) is 0 Å². The summed E-state index contributed by atoms with van der Waals surface area (Å²) >= 11 is 0. The van der Waals surface area contributed by atoms with Crippen molar-refractivity contribution < 1.29 is 22.7 Å². The smallest absolute Gasteiger partial charge is 0.382 e. The molecular weight excluding hydrogens is 295 g/mol. The van der Waals surface area contributed by atoms with E-state index >= 15 is 0 Å². The van der Waals surface area contributed by atoms with E-state index in [9.17, 15) is 18.0 Å². The molecule has 0 saturated carbocycles. The van der Waals surface area contributed by atoms with Gasteiger partial charge in [-0.1, -0.05) is 12.1 Å². The summed E-state index contributed by atoms with van der Waals surface area (Å²) in [6.45, 7) is 3.04. The van der Waals surface area contributed by atoms with Crippen molar-refractivity contribution in [2.24, 2.45) is 0 Å². The quantitative estimate of drug-likeness (QED) is 0.805. The fraction of sp³-hybridized carbons (Fsp3) is 0.250. The van der Waals surface area contributed by atoms with Crippen LogP contribution in [0.2, 0.25) is 0 Å². The van der Waals surface area contributed by atoms with Gasteiger partial charge in [0.15, 0.2) is 0 Å². The van der Waals surface area contributed by atoms with E-state index in [2.05, 4.69) is 9.72 Å². The number of carbonyl (C=O) groups excluding carboxylic acids is 1. The normalized spacial score (nSPS) is 11.3. The first-order chi connectivity index (χ1) is 10.4. The monoisotopic (exact) mass is 309 g/mol. The van der Waals surface area contributed by atoms with Crippen molar-refractivity contribution in [3.05, 3.63) is 53.5 Å². The minimum atomic E-state index is -4.03. The molecule has 0 unspecified atom stereocenters. The van der Waals surface area contributed by atoms with Gasteiger partial charge in [-0.25, -0.2) is 9.18 Å². The van der Waals surface area contributed by atoms with Crippen LogP contribution >= 0.6 is 0 Å². The fourth-order valence-corrected chi connectivity index (χ4v) is 1.90. The molecule has 0 aliphatic carbocycles. The number of ether oxygens (including phenoxy) is 1. The van der Waals surface area contributed by atoms with Crippen LogP contribution in [0.3, 0.4) is 0 Å². The second kappa shape index (κ2) is 6.17. The lowest BCUT2D eigenvalue weighted by Crippen LogP contribution is -2.29. The number of hydrogen-bond acceptors (Lipinski definition) is 3. The molecule has 1 heterocycles. The topological polar surface area (TPSA) is 39.2 Å². The van der Waals surface area contributed by atoms with Gasteiger partial charge >= 0.3 is 11.9 Å². The molecule has 0 aliphatic rings. The van der Waals surface area contributed by atoms with Crippen LogP contribution in [-0.4, -0.2) is 17.6 Å². The van der Waals surface area contributed by atoms with Crippen molar-refractivity contribution in [2.45, 2.75) is 19.8 Å². The van der Waals surface area contributed by atoms with E-state index in [0.29, 0.717) is 11.3 Å². The summed E-state index contributed by atoms with van der Waals surface area (Å²) in [6, 6.07) is 6.54. The zero-order valence-electron chi connectivity index (χ0n) is 12.1. The zero-order chi connectivity index (χ0) is 16.3. The van der Waals surface area contributed by atoms with E-state index in [1.807, 2.05) is 6.92 Å². The van der Waals surface area contributed by atoms with Crippen molar-refractivity contribution in [1.82, 2.24) is 4.98 Å². The molecule has 6 heteroatoms. The first kappa shape index (κ1) is 16.0. The molecule has 2 aromatic rings. The van der Waals surface area contributed by atoms with Crippen LogP contribution in [0.15, 0.2) is 36.5 Å². The van der Waals surface area contributed by atoms with Gasteiger partial charge in [0, 0.05) is 11.8 Å². The number of hydrogen-bond donors (Lipinski definition) is 0. The Hall–Kier alpha value is -2.37. The third-order valence-electron chi connectivity index (χ3n) is 3.05. The minimum absolute atomic E-state index is 0.207. The highest BCUT2D eigenvalue weighted by Crippen LogP contribution is 2.33. The van der Waals surface area contributed by atoms with Crippen LogP contribution in [0.1, 0.15) is 18.1 Å². The highest BCUT2D eigenvalue weighted by molar-refractivity contribution is 5.79. The SMILES string of the molecule is CCOC(=O)C(F)(F)c1ccc(-c2ccc(C)cn2)cc1F. The molecule has 116 valence electrons. The van der Waals surface area contributed by atoms with Gasteiger partial charge in [0.05, 0.1) is 17.9 Å². The number of esters is 1. The molecule has 0 N–H and O–H groups in total. The Morgan fingerprint density at radius 1 is 1.27 bits per heavy atom. The molecule has 22 heavy (non-hydrogen) atoms. The summed E-state index contributed by atoms with van der Waals surface area (Å²) in [7, 11) is 0. The Morgan fingerprint density at radius 2 is 2.00 bits per heavy atom. The largest absolute Gasteiger partial charge is 0.461 e. The molecule has 0 amide bonds. The molecule has 0 atom stereocenters. The second-order valence-corrected chi connectivity index (χ2v) is 4.71. The van der Waals surface area contributed by atoms with Crippen LogP contribution in [0.4, 0.5) is 13.2 Å². The zero-order valence-corrected chi connectivity index (χ0v) is 12.1. The van der Waals surface area contributed by atoms with E-state index in [0.717, 1.165) is 17.7 Å². The van der Waals surface area contributed by atoms with E-state index in [1.54, 1.807) is 18.3 Å². The van der Waals surface area contributed by atoms with Crippen LogP contribution in [0.25, 0.3) is 11.3 Å². The Bertz CT molecular complexity index is 684. The maximum atomic E-state index is 14.0. The Labute approximate surface area is 125 Å². The summed E-state index contributed by atoms with van der Waals surface area (Å²) < 4.78 is 46.0. The maximum absolute atomic E-state index is 14.0. The number of pyridine rings is 1. The minimum Gasteiger partial charge on any atom is -0.461 e. The first-order valence-corrected chi connectivity index (χ1v) is 6.64. The third kappa shape index (κ3) is 3.10. The first-order valence-electron chi connectivity index (χ1n) is 6.64. The summed E-state index contributed by atoms with van der Waals surface area (Å²) in [5.41, 5.74) is 0.716. The van der Waals surface area contributed by atoms with Crippen LogP contribution < -0.4 is 0 Å². The van der Waals surface area contributed by atoms with E-state index < -0.39 is 23.3 Å². The standard InChI is InChI=1S/C16H14F3NO2/c1-3-22-15(21)16(18,19)12-6-5-11(8-13(12)17)14-7-4-10(2)9-20-14/h4-9H,3H2,1-2H3. The molecule has 0 spiro atoms. The number of aryl methyl sites for hydroxylation is 1. The molecule has 0 fully saturated rings. The molecule has 0 aliphatic heterocycles. The lowest BCUT2D eigenvalue weighted by atomic mass is 10.0. The average molecular weight is 309 g/mol. The Balaban J connectivity index is 2.37. The van der Waals surface area contributed by atoms with Crippen molar-refractivity contribution in [3.8, 4) is 11.3 Å². The predicted octanol–water partition coefficient (Wildman–Crippen LogP) is 3.85. The fourth-order valence-electron chi connectivity index (χ4n) is 1.90.